The number of carbonyl (C=O) groups is 1. The van der Waals surface area contributed by atoms with Gasteiger partial charge in [-0.3, -0.25) is 0 Å². The van der Waals surface area contributed by atoms with Gasteiger partial charge in [0.1, 0.15) is 17.2 Å². The maximum atomic E-state index is 14.0. The van der Waals surface area contributed by atoms with Crippen LogP contribution in [0.25, 0.3) is 27.7 Å². The smallest absolute Gasteiger partial charge is 0.317 e. The first-order chi connectivity index (χ1) is 16.0. The number of pyridine rings is 1. The molecule has 0 atom stereocenters. The third-order valence-electron chi connectivity index (χ3n) is 7.36. The highest BCUT2D eigenvalue weighted by Gasteiger charge is 2.37. The molecule has 0 radical (unpaired) electrons. The van der Waals surface area contributed by atoms with E-state index in [1.54, 1.807) is 26.4 Å². The Bertz CT molecular complexity index is 1220. The average molecular weight is 449 g/mol. The number of nitrogens with zero attached hydrogens (tertiary/aromatic N) is 2. The van der Waals surface area contributed by atoms with Crippen LogP contribution < -0.4 is 10.1 Å². The number of fused-ring (bicyclic) bond motifs is 1. The number of urea groups is 1. The molecule has 2 aromatic heterocycles. The number of aromatic nitrogens is 2. The number of nitrogens with one attached hydrogen (secondary N) is 2. The van der Waals surface area contributed by atoms with Gasteiger partial charge in [-0.1, -0.05) is 6.08 Å². The van der Waals surface area contributed by atoms with Crippen LogP contribution in [0.2, 0.25) is 0 Å². The Hall–Kier alpha value is -3.35. The van der Waals surface area contributed by atoms with Crippen molar-refractivity contribution in [3.63, 3.8) is 0 Å². The summed E-state index contributed by atoms with van der Waals surface area (Å²) in [5.74, 6) is 0.336. The van der Waals surface area contributed by atoms with Crippen LogP contribution >= 0.6 is 0 Å². The Kier molecular flexibility index (Phi) is 5.56. The molecular weight excluding hydrogens is 419 g/mol. The summed E-state index contributed by atoms with van der Waals surface area (Å²) >= 11 is 0. The van der Waals surface area contributed by atoms with Crippen molar-refractivity contribution in [3.8, 4) is 16.9 Å². The number of H-pyrrole nitrogens is 1. The van der Waals surface area contributed by atoms with E-state index in [-0.39, 0.29) is 11.8 Å². The number of piperidine rings is 1. The van der Waals surface area contributed by atoms with Gasteiger partial charge < -0.3 is 19.9 Å². The molecule has 2 amide bonds. The fourth-order valence-electron chi connectivity index (χ4n) is 5.31. The lowest BCUT2D eigenvalue weighted by molar-refractivity contribution is 0.110. The van der Waals surface area contributed by atoms with Crippen LogP contribution in [0.3, 0.4) is 0 Å². The van der Waals surface area contributed by atoms with E-state index in [0.717, 1.165) is 73.0 Å². The number of ether oxygens (including phenoxy) is 1. The van der Waals surface area contributed by atoms with Gasteiger partial charge in [0.05, 0.1) is 7.11 Å². The first kappa shape index (κ1) is 21.5. The van der Waals surface area contributed by atoms with Gasteiger partial charge in [-0.15, -0.1) is 0 Å². The molecule has 33 heavy (non-hydrogen) atoms. The number of methoxy groups -OCH3 is 1. The number of likely N-dealkylation sites (tertiary alicyclic amines) is 1. The predicted molar refractivity (Wildman–Crippen MR) is 128 cm³/mol. The zero-order valence-corrected chi connectivity index (χ0v) is 19.1. The standard InChI is InChI=1S/C26H29FN4O2/c1-28-25(32)31-13-10-26(11-14-31)8-5-17(6-9-26)22-16-21-19(7-12-29-24(21)30-22)20-15-18(27)3-4-23(20)33-2/h3-5,7,12,15-16H,6,8-11,13-14H2,1-2H3,(H,28,32)(H,29,30). The lowest BCUT2D eigenvalue weighted by atomic mass is 9.68. The van der Waals surface area contributed by atoms with Gasteiger partial charge in [0.15, 0.2) is 0 Å². The molecule has 1 aliphatic carbocycles. The monoisotopic (exact) mass is 448 g/mol. The third-order valence-corrected chi connectivity index (χ3v) is 7.36. The number of carbonyl (C=O) groups excluding carboxylic acids is 1. The average Bonchev–Trinajstić information content (AvgIpc) is 3.29. The van der Waals surface area contributed by atoms with E-state index in [2.05, 4.69) is 27.4 Å². The zero-order chi connectivity index (χ0) is 23.0. The van der Waals surface area contributed by atoms with Crippen molar-refractivity contribution in [2.45, 2.75) is 32.1 Å². The molecule has 2 N–H and O–H groups in total. The van der Waals surface area contributed by atoms with E-state index in [1.807, 2.05) is 11.0 Å². The molecule has 0 unspecified atom stereocenters. The predicted octanol–water partition coefficient (Wildman–Crippen LogP) is 5.37. The van der Waals surface area contributed by atoms with Gasteiger partial charge in [-0.2, -0.15) is 0 Å². The summed E-state index contributed by atoms with van der Waals surface area (Å²) in [4.78, 5) is 21.8. The Morgan fingerprint density at radius 3 is 2.70 bits per heavy atom. The van der Waals surface area contributed by atoms with Crippen molar-refractivity contribution in [1.29, 1.82) is 0 Å². The van der Waals surface area contributed by atoms with Gasteiger partial charge in [0, 0.05) is 43.0 Å². The van der Waals surface area contributed by atoms with Crippen LogP contribution in [0.4, 0.5) is 9.18 Å². The molecule has 3 aromatic rings. The van der Waals surface area contributed by atoms with Gasteiger partial charge in [-0.25, -0.2) is 14.2 Å². The van der Waals surface area contributed by atoms with Crippen molar-refractivity contribution >= 4 is 22.6 Å². The summed E-state index contributed by atoms with van der Waals surface area (Å²) in [5, 5.41) is 3.69. The van der Waals surface area contributed by atoms with Gasteiger partial charge in [-0.05, 0) is 79.0 Å². The maximum Gasteiger partial charge on any atom is 0.317 e. The van der Waals surface area contributed by atoms with Crippen molar-refractivity contribution in [1.82, 2.24) is 20.2 Å². The minimum atomic E-state index is -0.297. The first-order valence-corrected chi connectivity index (χ1v) is 11.5. The van der Waals surface area contributed by atoms with Crippen LogP contribution in [0.15, 0.2) is 42.6 Å². The molecule has 0 saturated carbocycles. The Morgan fingerprint density at radius 1 is 1.18 bits per heavy atom. The lowest BCUT2D eigenvalue weighted by Gasteiger charge is -2.43. The second kappa shape index (κ2) is 8.54. The molecule has 1 spiro atoms. The second-order valence-electron chi connectivity index (χ2n) is 9.12. The highest BCUT2D eigenvalue weighted by molar-refractivity contribution is 5.96. The summed E-state index contributed by atoms with van der Waals surface area (Å²) in [6, 6.07) is 8.62. The number of allylic oxidation sites excluding steroid dienone is 2. The number of rotatable bonds is 3. The van der Waals surface area contributed by atoms with Gasteiger partial charge in [0.25, 0.3) is 0 Å². The normalized spacial score (nSPS) is 17.8. The van der Waals surface area contributed by atoms with Gasteiger partial charge >= 0.3 is 6.03 Å². The quantitative estimate of drug-likeness (QED) is 0.566. The second-order valence-corrected chi connectivity index (χ2v) is 9.12. The van der Waals surface area contributed by atoms with E-state index in [9.17, 15) is 9.18 Å². The molecule has 1 aliphatic heterocycles. The molecule has 6 nitrogen and oxygen atoms in total. The first-order valence-electron chi connectivity index (χ1n) is 11.5. The van der Waals surface area contributed by atoms with Gasteiger partial charge in [0.2, 0.25) is 0 Å². The number of halogens is 1. The van der Waals surface area contributed by atoms with Crippen LogP contribution in [0.1, 0.15) is 37.8 Å². The van der Waals surface area contributed by atoms with Crippen LogP contribution in [-0.4, -0.2) is 48.1 Å². The van der Waals surface area contributed by atoms with E-state index in [0.29, 0.717) is 11.2 Å². The number of aromatic amines is 1. The Labute approximate surface area is 192 Å². The van der Waals surface area contributed by atoms with Crippen LogP contribution in [0, 0.1) is 11.2 Å². The van der Waals surface area contributed by atoms with E-state index in [4.69, 9.17) is 4.74 Å². The minimum Gasteiger partial charge on any atom is -0.496 e. The Balaban J connectivity index is 1.41. The number of amides is 2. The minimum absolute atomic E-state index is 0.0215. The molecule has 1 fully saturated rings. The topological polar surface area (TPSA) is 70.2 Å². The molecule has 1 aromatic carbocycles. The fourth-order valence-corrected chi connectivity index (χ4v) is 5.31. The molecule has 5 rings (SSSR count). The van der Waals surface area contributed by atoms with Crippen LogP contribution in [0.5, 0.6) is 5.75 Å². The number of benzene rings is 1. The highest BCUT2D eigenvalue weighted by Crippen LogP contribution is 2.46. The van der Waals surface area contributed by atoms with Crippen molar-refractivity contribution in [2.24, 2.45) is 5.41 Å². The summed E-state index contributed by atoms with van der Waals surface area (Å²) in [5.41, 5.74) is 5.05. The SMILES string of the molecule is CNC(=O)N1CCC2(CC=C(c3cc4c(-c5cc(F)ccc5OC)ccnc4[nH]3)CC2)CC1. The maximum absolute atomic E-state index is 14.0. The highest BCUT2D eigenvalue weighted by atomic mass is 19.1. The molecule has 1 saturated heterocycles. The zero-order valence-electron chi connectivity index (χ0n) is 19.1. The van der Waals surface area contributed by atoms with Crippen molar-refractivity contribution in [2.75, 3.05) is 27.2 Å². The molecule has 7 heteroatoms. The molecule has 2 aliphatic rings. The summed E-state index contributed by atoms with van der Waals surface area (Å²) in [7, 11) is 3.28. The van der Waals surface area contributed by atoms with E-state index in [1.165, 1.54) is 17.7 Å². The molecular formula is C26H29FN4O2. The summed E-state index contributed by atoms with van der Waals surface area (Å²) in [6.45, 7) is 1.63. The molecule has 0 bridgehead atoms. The molecule has 172 valence electrons. The largest absolute Gasteiger partial charge is 0.496 e. The Morgan fingerprint density at radius 2 is 2.00 bits per heavy atom. The number of hydrogen-bond acceptors (Lipinski definition) is 3. The third kappa shape index (κ3) is 3.96. The number of hydrogen-bond donors (Lipinski definition) is 2. The van der Waals surface area contributed by atoms with Crippen LogP contribution in [-0.2, 0) is 0 Å². The fraction of sp³-hybridized carbons (Fsp3) is 0.385. The van der Waals surface area contributed by atoms with Crippen molar-refractivity contribution in [3.05, 3.63) is 54.1 Å². The summed E-state index contributed by atoms with van der Waals surface area (Å²) in [6.07, 6.45) is 9.32. The lowest BCUT2D eigenvalue weighted by Crippen LogP contribution is -2.46. The van der Waals surface area contributed by atoms with E-state index < -0.39 is 0 Å². The molecule has 3 heterocycles. The van der Waals surface area contributed by atoms with Crippen molar-refractivity contribution < 1.29 is 13.9 Å². The summed E-state index contributed by atoms with van der Waals surface area (Å²) < 4.78 is 19.5. The van der Waals surface area contributed by atoms with E-state index >= 15 is 0 Å².